The second-order valence-corrected chi connectivity index (χ2v) is 3.63. The number of rotatable bonds is 3. The lowest BCUT2D eigenvalue weighted by Crippen LogP contribution is -2.07. The molecule has 0 amide bonds. The van der Waals surface area contributed by atoms with Gasteiger partial charge in [0.2, 0.25) is 0 Å². The van der Waals surface area contributed by atoms with Gasteiger partial charge in [-0.2, -0.15) is 5.10 Å². The topological polar surface area (TPSA) is 52.7 Å². The van der Waals surface area contributed by atoms with Crippen LogP contribution in [0, 0.1) is 6.92 Å². The molecular formula is C11H14N4O. The molecule has 0 aliphatic heterocycles. The van der Waals surface area contributed by atoms with Crippen LogP contribution in [0.4, 0.5) is 0 Å². The van der Waals surface area contributed by atoms with E-state index >= 15 is 0 Å². The molecule has 5 nitrogen and oxygen atoms in total. The Balaban J connectivity index is 2.68. The van der Waals surface area contributed by atoms with Gasteiger partial charge in [0.05, 0.1) is 11.3 Å². The summed E-state index contributed by atoms with van der Waals surface area (Å²) in [6, 6.07) is 0. The van der Waals surface area contributed by atoms with Crippen molar-refractivity contribution in [1.82, 2.24) is 19.3 Å². The van der Waals surface area contributed by atoms with E-state index in [1.54, 1.807) is 10.9 Å². The minimum Gasteiger partial charge on any atom is -0.298 e. The molecule has 2 aromatic heterocycles. The van der Waals surface area contributed by atoms with Gasteiger partial charge < -0.3 is 0 Å². The third-order valence-electron chi connectivity index (χ3n) is 2.62. The van der Waals surface area contributed by atoms with Gasteiger partial charge in [-0.05, 0) is 6.92 Å². The maximum atomic E-state index is 11.1. The number of imidazole rings is 1. The Morgan fingerprint density at radius 1 is 1.50 bits per heavy atom. The molecule has 0 fully saturated rings. The molecule has 2 rings (SSSR count). The lowest BCUT2D eigenvalue weighted by Gasteiger charge is -2.07. The second kappa shape index (κ2) is 3.92. The number of hydrogen-bond acceptors (Lipinski definition) is 3. The number of aryl methyl sites for hydroxylation is 3. The minimum atomic E-state index is 0.621. The molecule has 0 aromatic carbocycles. The number of hydrogen-bond donors (Lipinski definition) is 0. The molecule has 16 heavy (non-hydrogen) atoms. The highest BCUT2D eigenvalue weighted by atomic mass is 16.1. The van der Waals surface area contributed by atoms with Crippen LogP contribution < -0.4 is 0 Å². The molecule has 0 unspecified atom stereocenters. The van der Waals surface area contributed by atoms with Crippen LogP contribution in [0.3, 0.4) is 0 Å². The average Bonchev–Trinajstić information content (AvgIpc) is 2.81. The quantitative estimate of drug-likeness (QED) is 0.729. The number of carbonyl (C=O) groups is 1. The average molecular weight is 218 g/mol. The van der Waals surface area contributed by atoms with Gasteiger partial charge in [0.15, 0.2) is 6.29 Å². The lowest BCUT2D eigenvalue weighted by molar-refractivity contribution is 0.112. The van der Waals surface area contributed by atoms with E-state index in [9.17, 15) is 4.79 Å². The van der Waals surface area contributed by atoms with E-state index in [1.165, 1.54) is 0 Å². The summed E-state index contributed by atoms with van der Waals surface area (Å²) in [5, 5.41) is 4.25. The highest BCUT2D eigenvalue weighted by Crippen LogP contribution is 2.17. The second-order valence-electron chi connectivity index (χ2n) is 3.63. The SMILES string of the molecule is CCc1nccn1-c1c(C=O)c(C)nn1C. The zero-order valence-electron chi connectivity index (χ0n) is 9.64. The molecule has 84 valence electrons. The summed E-state index contributed by atoms with van der Waals surface area (Å²) in [5.74, 6) is 1.70. The maximum absolute atomic E-state index is 11.1. The fourth-order valence-corrected chi connectivity index (χ4v) is 1.87. The molecule has 2 heterocycles. The third kappa shape index (κ3) is 1.44. The van der Waals surface area contributed by atoms with E-state index in [-0.39, 0.29) is 0 Å². The molecule has 0 atom stereocenters. The first kappa shape index (κ1) is 10.6. The van der Waals surface area contributed by atoms with Gasteiger partial charge in [0.1, 0.15) is 11.6 Å². The van der Waals surface area contributed by atoms with E-state index in [0.29, 0.717) is 5.56 Å². The summed E-state index contributed by atoms with van der Waals surface area (Å²) in [5.41, 5.74) is 1.36. The van der Waals surface area contributed by atoms with Crippen molar-refractivity contribution in [3.05, 3.63) is 29.5 Å². The lowest BCUT2D eigenvalue weighted by atomic mass is 10.2. The summed E-state index contributed by atoms with van der Waals surface area (Å²) < 4.78 is 3.61. The van der Waals surface area contributed by atoms with Crippen molar-refractivity contribution in [2.24, 2.45) is 7.05 Å². The molecule has 0 radical (unpaired) electrons. The van der Waals surface area contributed by atoms with E-state index in [4.69, 9.17) is 0 Å². The van der Waals surface area contributed by atoms with Crippen LogP contribution in [0.2, 0.25) is 0 Å². The van der Waals surface area contributed by atoms with Crippen molar-refractivity contribution in [2.75, 3.05) is 0 Å². The van der Waals surface area contributed by atoms with E-state index in [2.05, 4.69) is 10.1 Å². The van der Waals surface area contributed by atoms with Crippen LogP contribution in [0.25, 0.3) is 5.82 Å². The summed E-state index contributed by atoms with van der Waals surface area (Å²) in [4.78, 5) is 15.3. The van der Waals surface area contributed by atoms with Crippen molar-refractivity contribution in [2.45, 2.75) is 20.3 Å². The van der Waals surface area contributed by atoms with Crippen LogP contribution in [0.1, 0.15) is 28.8 Å². The molecular weight excluding hydrogens is 204 g/mol. The summed E-state index contributed by atoms with van der Waals surface area (Å²) in [6.45, 7) is 3.86. The number of aldehydes is 1. The Kier molecular flexibility index (Phi) is 2.60. The Labute approximate surface area is 93.7 Å². The van der Waals surface area contributed by atoms with Crippen molar-refractivity contribution in [3.63, 3.8) is 0 Å². The van der Waals surface area contributed by atoms with Gasteiger partial charge in [0.25, 0.3) is 0 Å². The highest BCUT2D eigenvalue weighted by Gasteiger charge is 2.15. The van der Waals surface area contributed by atoms with Crippen LogP contribution in [0.5, 0.6) is 0 Å². The van der Waals surface area contributed by atoms with Gasteiger partial charge in [-0.15, -0.1) is 0 Å². The number of aromatic nitrogens is 4. The molecule has 0 saturated carbocycles. The third-order valence-corrected chi connectivity index (χ3v) is 2.62. The fraction of sp³-hybridized carbons (Fsp3) is 0.364. The van der Waals surface area contributed by atoms with Crippen LogP contribution in [-0.2, 0) is 13.5 Å². The first-order chi connectivity index (χ1) is 7.69. The molecule has 0 bridgehead atoms. The first-order valence-corrected chi connectivity index (χ1v) is 5.20. The zero-order chi connectivity index (χ0) is 11.7. The summed E-state index contributed by atoms with van der Waals surface area (Å²) >= 11 is 0. The Morgan fingerprint density at radius 3 is 2.88 bits per heavy atom. The predicted molar refractivity (Wildman–Crippen MR) is 59.8 cm³/mol. The van der Waals surface area contributed by atoms with E-state index in [0.717, 1.165) is 30.0 Å². The standard InChI is InChI=1S/C11H14N4O/c1-4-10-12-5-6-15(10)11-9(7-16)8(2)13-14(11)3/h5-7H,4H2,1-3H3. The van der Waals surface area contributed by atoms with Crippen LogP contribution >= 0.6 is 0 Å². The largest absolute Gasteiger partial charge is 0.298 e. The van der Waals surface area contributed by atoms with Gasteiger partial charge in [-0.1, -0.05) is 6.92 Å². The predicted octanol–water partition coefficient (Wildman–Crippen LogP) is 1.29. The van der Waals surface area contributed by atoms with Crippen molar-refractivity contribution < 1.29 is 4.79 Å². The molecule has 0 spiro atoms. The van der Waals surface area contributed by atoms with Gasteiger partial charge in [0, 0.05) is 25.9 Å². The molecule has 5 heteroatoms. The molecule has 0 aliphatic rings. The summed E-state index contributed by atoms with van der Waals surface area (Å²) in [6.07, 6.45) is 5.24. The van der Waals surface area contributed by atoms with Crippen molar-refractivity contribution >= 4 is 6.29 Å². The van der Waals surface area contributed by atoms with Crippen LogP contribution in [0.15, 0.2) is 12.4 Å². The van der Waals surface area contributed by atoms with Gasteiger partial charge >= 0.3 is 0 Å². The molecule has 0 aliphatic carbocycles. The summed E-state index contributed by atoms with van der Waals surface area (Å²) in [7, 11) is 1.83. The van der Waals surface area contributed by atoms with E-state index < -0.39 is 0 Å². The molecule has 0 saturated heterocycles. The molecule has 2 aromatic rings. The van der Waals surface area contributed by atoms with Gasteiger partial charge in [-0.25, -0.2) is 4.98 Å². The Hall–Kier alpha value is -1.91. The highest BCUT2D eigenvalue weighted by molar-refractivity contribution is 5.81. The Morgan fingerprint density at radius 2 is 2.25 bits per heavy atom. The maximum Gasteiger partial charge on any atom is 0.155 e. The van der Waals surface area contributed by atoms with E-state index in [1.807, 2.05) is 31.7 Å². The molecule has 0 N–H and O–H groups in total. The van der Waals surface area contributed by atoms with Crippen LogP contribution in [-0.4, -0.2) is 25.6 Å². The zero-order valence-corrected chi connectivity index (χ0v) is 9.64. The minimum absolute atomic E-state index is 0.621. The normalized spacial score (nSPS) is 10.7. The van der Waals surface area contributed by atoms with Gasteiger partial charge in [-0.3, -0.25) is 14.0 Å². The van der Waals surface area contributed by atoms with Crippen molar-refractivity contribution in [3.8, 4) is 5.82 Å². The van der Waals surface area contributed by atoms with Crippen molar-refractivity contribution in [1.29, 1.82) is 0 Å². The fourth-order valence-electron chi connectivity index (χ4n) is 1.87. The smallest absolute Gasteiger partial charge is 0.155 e. The Bertz CT molecular complexity index is 524. The number of nitrogens with zero attached hydrogens (tertiary/aromatic N) is 4. The monoisotopic (exact) mass is 218 g/mol. The number of carbonyl (C=O) groups excluding carboxylic acids is 1. The first-order valence-electron chi connectivity index (χ1n) is 5.20.